The molecule has 0 aliphatic carbocycles. The van der Waals surface area contributed by atoms with E-state index in [2.05, 4.69) is 48.3 Å². The number of ether oxygens (including phenoxy) is 1. The average molecular weight is 481 g/mol. The molecule has 24 heavy (non-hydrogen) atoms. The quantitative estimate of drug-likeness (QED) is 0.716. The highest BCUT2D eigenvalue weighted by Crippen LogP contribution is 2.41. The van der Waals surface area contributed by atoms with Crippen LogP contribution in [0.5, 0.6) is 0 Å². The Bertz CT molecular complexity index is 780. The number of hydrogen-bond donors (Lipinski definition) is 1. The molecule has 2 N–H and O–H groups in total. The van der Waals surface area contributed by atoms with Crippen LogP contribution in [-0.4, -0.2) is 41.9 Å². The van der Waals surface area contributed by atoms with E-state index >= 15 is 0 Å². The molecule has 1 unspecified atom stereocenters. The zero-order chi connectivity index (χ0) is 16.1. The molecule has 2 aliphatic heterocycles. The summed E-state index contributed by atoms with van der Waals surface area (Å²) in [6, 6.07) is 0. The van der Waals surface area contributed by atoms with Crippen molar-refractivity contribution in [2.75, 3.05) is 31.1 Å². The van der Waals surface area contributed by atoms with Crippen LogP contribution in [0, 0.1) is 6.92 Å². The van der Waals surface area contributed by atoms with Gasteiger partial charge in [0.15, 0.2) is 0 Å². The third kappa shape index (κ3) is 2.78. The van der Waals surface area contributed by atoms with Gasteiger partial charge in [-0.25, -0.2) is 4.98 Å². The van der Waals surface area contributed by atoms with Gasteiger partial charge in [0.2, 0.25) is 5.95 Å². The first-order valence-corrected chi connectivity index (χ1v) is 9.63. The second kappa shape index (κ2) is 7.11. The molecule has 5 nitrogen and oxygen atoms in total. The second-order valence-corrected chi connectivity index (χ2v) is 7.86. The second-order valence-electron chi connectivity index (χ2n) is 6.27. The third-order valence-electron chi connectivity index (χ3n) is 4.87. The van der Waals surface area contributed by atoms with Crippen LogP contribution in [0.1, 0.15) is 17.5 Å². The first-order chi connectivity index (χ1) is 11.1. The Hall–Kier alpha value is -0.340. The van der Waals surface area contributed by atoms with Gasteiger partial charge in [0.25, 0.3) is 0 Å². The molecule has 3 heterocycles. The average Bonchev–Trinajstić information content (AvgIpc) is 2.98. The van der Waals surface area contributed by atoms with Gasteiger partial charge in [-0.2, -0.15) is 0 Å². The Morgan fingerprint density at radius 3 is 2.83 bits per heavy atom. The summed E-state index contributed by atoms with van der Waals surface area (Å²) in [5.41, 5.74) is 10.8. The lowest BCUT2D eigenvalue weighted by Gasteiger charge is -2.33. The molecule has 1 aromatic heterocycles. The molecule has 0 amide bonds. The van der Waals surface area contributed by atoms with Crippen molar-refractivity contribution in [1.29, 1.82) is 0 Å². The SMILES string of the molecule is Cc1c(Br)c(Br)c2c3c1nc(N1CCOC(CN)C1)n3CCC2.Cl. The number of hydrogen-bond acceptors (Lipinski definition) is 4. The molecular weight excluding hydrogens is 459 g/mol. The predicted octanol–water partition coefficient (Wildman–Crippen LogP) is 3.40. The van der Waals surface area contributed by atoms with Crippen molar-refractivity contribution in [3.63, 3.8) is 0 Å². The van der Waals surface area contributed by atoms with Gasteiger partial charge in [-0.1, -0.05) is 0 Å². The Labute approximate surface area is 164 Å². The monoisotopic (exact) mass is 478 g/mol. The number of nitrogens with zero attached hydrogens (tertiary/aromatic N) is 3. The van der Waals surface area contributed by atoms with E-state index in [1.165, 1.54) is 21.1 Å². The third-order valence-corrected chi connectivity index (χ3v) is 7.27. The van der Waals surface area contributed by atoms with E-state index in [1.807, 2.05) is 0 Å². The van der Waals surface area contributed by atoms with Gasteiger partial charge >= 0.3 is 0 Å². The number of benzene rings is 1. The van der Waals surface area contributed by atoms with E-state index in [9.17, 15) is 0 Å². The molecule has 1 aromatic carbocycles. The summed E-state index contributed by atoms with van der Waals surface area (Å²) in [7, 11) is 0. The molecular formula is C16H21Br2ClN4O. The molecule has 0 radical (unpaired) electrons. The molecule has 0 spiro atoms. The summed E-state index contributed by atoms with van der Waals surface area (Å²) in [6.45, 7) is 6.11. The summed E-state index contributed by atoms with van der Waals surface area (Å²) >= 11 is 7.49. The minimum absolute atomic E-state index is 0. The minimum atomic E-state index is 0. The Balaban J connectivity index is 0.00000169. The summed E-state index contributed by atoms with van der Waals surface area (Å²) in [6.07, 6.45) is 2.33. The highest BCUT2D eigenvalue weighted by molar-refractivity contribution is 9.13. The first-order valence-electron chi connectivity index (χ1n) is 8.05. The molecule has 0 bridgehead atoms. The van der Waals surface area contributed by atoms with Crippen LogP contribution in [0.15, 0.2) is 8.95 Å². The van der Waals surface area contributed by atoms with Crippen LogP contribution in [0.3, 0.4) is 0 Å². The van der Waals surface area contributed by atoms with E-state index in [0.717, 1.165) is 48.4 Å². The number of nitrogens with two attached hydrogens (primary N) is 1. The normalized spacial score (nSPS) is 20.3. The maximum absolute atomic E-state index is 5.80. The van der Waals surface area contributed by atoms with Gasteiger partial charge < -0.3 is 19.9 Å². The lowest BCUT2D eigenvalue weighted by atomic mass is 10.0. The van der Waals surface area contributed by atoms with Crippen LogP contribution in [0.4, 0.5) is 5.95 Å². The van der Waals surface area contributed by atoms with Crippen LogP contribution in [-0.2, 0) is 17.7 Å². The molecule has 4 rings (SSSR count). The van der Waals surface area contributed by atoms with E-state index in [-0.39, 0.29) is 18.5 Å². The summed E-state index contributed by atoms with van der Waals surface area (Å²) in [4.78, 5) is 7.35. The van der Waals surface area contributed by atoms with Crippen molar-refractivity contribution in [2.45, 2.75) is 32.4 Å². The molecule has 1 atom stereocenters. The van der Waals surface area contributed by atoms with Crippen LogP contribution < -0.4 is 10.6 Å². The highest BCUT2D eigenvalue weighted by Gasteiger charge is 2.28. The Morgan fingerprint density at radius 2 is 2.08 bits per heavy atom. The van der Waals surface area contributed by atoms with Crippen molar-refractivity contribution in [3.05, 3.63) is 20.1 Å². The Morgan fingerprint density at radius 1 is 1.29 bits per heavy atom. The van der Waals surface area contributed by atoms with E-state index < -0.39 is 0 Å². The fourth-order valence-electron chi connectivity index (χ4n) is 3.65. The zero-order valence-electron chi connectivity index (χ0n) is 13.5. The largest absolute Gasteiger partial charge is 0.373 e. The smallest absolute Gasteiger partial charge is 0.206 e. The van der Waals surface area contributed by atoms with E-state index in [0.29, 0.717) is 13.2 Å². The van der Waals surface area contributed by atoms with Gasteiger partial charge in [0.1, 0.15) is 0 Å². The van der Waals surface area contributed by atoms with Crippen molar-refractivity contribution in [3.8, 4) is 0 Å². The molecule has 2 aliphatic rings. The van der Waals surface area contributed by atoms with Gasteiger partial charge in [0.05, 0.1) is 23.7 Å². The standard InChI is InChI=1S/C16H20Br2N4O.ClH/c1-9-12(17)13(18)11-3-2-4-22-15(11)14(9)20-16(22)21-5-6-23-10(7-19)8-21;/h10H,2-8,19H2,1H3;1H. The fourth-order valence-corrected chi connectivity index (χ4v) is 4.76. The number of aryl methyl sites for hydroxylation is 3. The number of anilines is 1. The van der Waals surface area contributed by atoms with Gasteiger partial charge in [0, 0.05) is 35.1 Å². The van der Waals surface area contributed by atoms with Gasteiger partial charge in [-0.05, 0) is 62.8 Å². The van der Waals surface area contributed by atoms with E-state index in [4.69, 9.17) is 15.5 Å². The maximum Gasteiger partial charge on any atom is 0.206 e. The van der Waals surface area contributed by atoms with E-state index in [1.54, 1.807) is 0 Å². The highest BCUT2D eigenvalue weighted by atomic mass is 79.9. The zero-order valence-corrected chi connectivity index (χ0v) is 17.5. The van der Waals surface area contributed by atoms with Crippen LogP contribution in [0.2, 0.25) is 0 Å². The number of morpholine rings is 1. The topological polar surface area (TPSA) is 56.3 Å². The summed E-state index contributed by atoms with van der Waals surface area (Å²) in [5, 5.41) is 0. The number of aromatic nitrogens is 2. The molecule has 0 saturated carbocycles. The van der Waals surface area contributed by atoms with Crippen molar-refractivity contribution in [2.24, 2.45) is 5.73 Å². The molecule has 1 saturated heterocycles. The summed E-state index contributed by atoms with van der Waals surface area (Å²) < 4.78 is 10.4. The Kier molecular flexibility index (Phi) is 5.47. The number of rotatable bonds is 2. The van der Waals surface area contributed by atoms with Crippen molar-refractivity contribution >= 4 is 61.2 Å². The van der Waals surface area contributed by atoms with Crippen molar-refractivity contribution < 1.29 is 4.74 Å². The first kappa shape index (κ1) is 18.5. The maximum atomic E-state index is 5.80. The lowest BCUT2D eigenvalue weighted by Crippen LogP contribution is -2.46. The predicted molar refractivity (Wildman–Crippen MR) is 106 cm³/mol. The van der Waals surface area contributed by atoms with Crippen LogP contribution in [0.25, 0.3) is 11.0 Å². The molecule has 132 valence electrons. The number of imidazole rings is 1. The lowest BCUT2D eigenvalue weighted by molar-refractivity contribution is 0.0458. The van der Waals surface area contributed by atoms with Crippen LogP contribution >= 0.6 is 44.3 Å². The summed E-state index contributed by atoms with van der Waals surface area (Å²) in [5.74, 6) is 1.07. The molecule has 2 aromatic rings. The van der Waals surface area contributed by atoms with Crippen molar-refractivity contribution in [1.82, 2.24) is 9.55 Å². The minimum Gasteiger partial charge on any atom is -0.373 e. The van der Waals surface area contributed by atoms with Gasteiger partial charge in [-0.15, -0.1) is 12.4 Å². The molecule has 1 fully saturated rings. The fraction of sp³-hybridized carbons (Fsp3) is 0.562. The molecule has 8 heteroatoms. The number of halogens is 3. The van der Waals surface area contributed by atoms with Gasteiger partial charge in [-0.3, -0.25) is 0 Å².